The number of amides is 1. The fourth-order valence-corrected chi connectivity index (χ4v) is 3.60. The molecule has 2 bridgehead atoms. The van der Waals surface area contributed by atoms with Crippen LogP contribution in [-0.2, 0) is 4.79 Å². The molecule has 1 N–H and O–H groups in total. The van der Waals surface area contributed by atoms with Crippen molar-refractivity contribution in [2.24, 2.45) is 5.92 Å². The van der Waals surface area contributed by atoms with Crippen LogP contribution >= 0.6 is 0 Å². The van der Waals surface area contributed by atoms with Crippen LogP contribution in [0.25, 0.3) is 0 Å². The molecule has 3 saturated heterocycles. The van der Waals surface area contributed by atoms with Gasteiger partial charge in [-0.1, -0.05) is 0 Å². The molecule has 0 saturated carbocycles. The highest BCUT2D eigenvalue weighted by Crippen LogP contribution is 2.34. The molecule has 3 aliphatic rings. The summed E-state index contributed by atoms with van der Waals surface area (Å²) < 4.78 is 0. The van der Waals surface area contributed by atoms with Gasteiger partial charge >= 0.3 is 0 Å². The highest BCUT2D eigenvalue weighted by molar-refractivity contribution is 5.80. The van der Waals surface area contributed by atoms with Crippen molar-refractivity contribution in [3.8, 4) is 0 Å². The molecular formula is C13H23N3O. The van der Waals surface area contributed by atoms with Gasteiger partial charge < -0.3 is 15.1 Å². The Morgan fingerprint density at radius 3 is 2.76 bits per heavy atom. The highest BCUT2D eigenvalue weighted by atomic mass is 16.2. The number of hydrogen-bond donors (Lipinski definition) is 1. The van der Waals surface area contributed by atoms with Crippen molar-refractivity contribution in [3.05, 3.63) is 0 Å². The lowest BCUT2D eigenvalue weighted by Crippen LogP contribution is -2.42. The van der Waals surface area contributed by atoms with Crippen LogP contribution in [0.5, 0.6) is 0 Å². The van der Waals surface area contributed by atoms with Gasteiger partial charge in [0, 0.05) is 31.7 Å². The lowest BCUT2D eigenvalue weighted by molar-refractivity contribution is -0.136. The van der Waals surface area contributed by atoms with E-state index in [4.69, 9.17) is 0 Å². The average molecular weight is 237 g/mol. The SMILES string of the molecule is CN1CCCN(C(=O)C2CC3CCC2N3)CC1. The van der Waals surface area contributed by atoms with E-state index >= 15 is 0 Å². The molecule has 0 aromatic rings. The smallest absolute Gasteiger partial charge is 0.227 e. The van der Waals surface area contributed by atoms with E-state index in [2.05, 4.69) is 22.2 Å². The Morgan fingerprint density at radius 1 is 1.18 bits per heavy atom. The van der Waals surface area contributed by atoms with Gasteiger partial charge in [-0.15, -0.1) is 0 Å². The second-order valence-electron chi connectivity index (χ2n) is 5.87. The van der Waals surface area contributed by atoms with Gasteiger partial charge in [-0.3, -0.25) is 4.79 Å². The van der Waals surface area contributed by atoms with Crippen LogP contribution in [0, 0.1) is 5.92 Å². The summed E-state index contributed by atoms with van der Waals surface area (Å²) in [5.41, 5.74) is 0. The van der Waals surface area contributed by atoms with Crippen molar-refractivity contribution < 1.29 is 4.79 Å². The molecule has 3 unspecified atom stereocenters. The van der Waals surface area contributed by atoms with Crippen LogP contribution in [0.1, 0.15) is 25.7 Å². The number of fused-ring (bicyclic) bond motifs is 2. The quantitative estimate of drug-likeness (QED) is 0.712. The van der Waals surface area contributed by atoms with E-state index < -0.39 is 0 Å². The van der Waals surface area contributed by atoms with Gasteiger partial charge in [0.2, 0.25) is 5.91 Å². The molecule has 0 aromatic heterocycles. The van der Waals surface area contributed by atoms with Gasteiger partial charge in [0.15, 0.2) is 0 Å². The molecule has 4 heteroatoms. The van der Waals surface area contributed by atoms with Crippen LogP contribution in [0.3, 0.4) is 0 Å². The summed E-state index contributed by atoms with van der Waals surface area (Å²) >= 11 is 0. The van der Waals surface area contributed by atoms with Gasteiger partial charge in [-0.05, 0) is 39.3 Å². The standard InChI is InChI=1S/C13H23N3O/c1-15-5-2-6-16(8-7-15)13(17)11-9-10-3-4-12(11)14-10/h10-12,14H,2-9H2,1H3. The fraction of sp³-hybridized carbons (Fsp3) is 0.923. The number of nitrogens with zero attached hydrogens (tertiary/aromatic N) is 2. The Hall–Kier alpha value is -0.610. The molecule has 3 aliphatic heterocycles. The van der Waals surface area contributed by atoms with E-state index in [-0.39, 0.29) is 5.92 Å². The normalized spacial score (nSPS) is 38.4. The lowest BCUT2D eigenvalue weighted by atomic mass is 9.88. The van der Waals surface area contributed by atoms with Crippen LogP contribution in [0.4, 0.5) is 0 Å². The zero-order chi connectivity index (χ0) is 11.8. The summed E-state index contributed by atoms with van der Waals surface area (Å²) in [4.78, 5) is 17.0. The first kappa shape index (κ1) is 11.5. The third-order valence-corrected chi connectivity index (χ3v) is 4.65. The van der Waals surface area contributed by atoms with Gasteiger partial charge in [-0.2, -0.15) is 0 Å². The van der Waals surface area contributed by atoms with E-state index in [1.165, 1.54) is 12.8 Å². The molecule has 17 heavy (non-hydrogen) atoms. The van der Waals surface area contributed by atoms with Crippen LogP contribution in [-0.4, -0.2) is 61.0 Å². The van der Waals surface area contributed by atoms with Crippen LogP contribution in [0.15, 0.2) is 0 Å². The average Bonchev–Trinajstić information content (AvgIpc) is 2.88. The molecular weight excluding hydrogens is 214 g/mol. The summed E-state index contributed by atoms with van der Waals surface area (Å²) in [7, 11) is 2.15. The van der Waals surface area contributed by atoms with Crippen LogP contribution < -0.4 is 5.32 Å². The third-order valence-electron chi connectivity index (χ3n) is 4.65. The molecule has 3 fully saturated rings. The van der Waals surface area contributed by atoms with Gasteiger partial charge in [0.25, 0.3) is 0 Å². The molecule has 0 spiro atoms. The molecule has 3 rings (SSSR count). The Kier molecular flexibility index (Phi) is 3.09. The maximum Gasteiger partial charge on any atom is 0.227 e. The molecule has 4 nitrogen and oxygen atoms in total. The number of carbonyl (C=O) groups is 1. The molecule has 0 aromatic carbocycles. The molecule has 1 amide bonds. The van der Waals surface area contributed by atoms with E-state index in [0.29, 0.717) is 18.0 Å². The molecule has 3 atom stereocenters. The number of carbonyl (C=O) groups excluding carboxylic acids is 1. The Balaban J connectivity index is 1.62. The number of hydrogen-bond acceptors (Lipinski definition) is 3. The zero-order valence-electron chi connectivity index (χ0n) is 10.7. The maximum absolute atomic E-state index is 12.5. The molecule has 96 valence electrons. The summed E-state index contributed by atoms with van der Waals surface area (Å²) in [6, 6.07) is 1.11. The van der Waals surface area contributed by atoms with Gasteiger partial charge in [-0.25, -0.2) is 0 Å². The van der Waals surface area contributed by atoms with Crippen LogP contribution in [0.2, 0.25) is 0 Å². The van der Waals surface area contributed by atoms with Crippen molar-refractivity contribution in [3.63, 3.8) is 0 Å². The third kappa shape index (κ3) is 2.20. The Bertz CT molecular complexity index is 307. The number of nitrogens with one attached hydrogen (secondary N) is 1. The maximum atomic E-state index is 12.5. The predicted molar refractivity (Wildman–Crippen MR) is 66.7 cm³/mol. The van der Waals surface area contributed by atoms with E-state index in [1.54, 1.807) is 0 Å². The van der Waals surface area contributed by atoms with Gasteiger partial charge in [0.05, 0.1) is 5.92 Å². The van der Waals surface area contributed by atoms with Crippen molar-refractivity contribution >= 4 is 5.91 Å². The second kappa shape index (κ2) is 4.58. The minimum atomic E-state index is 0.275. The number of rotatable bonds is 1. The largest absolute Gasteiger partial charge is 0.341 e. The Labute approximate surface area is 103 Å². The second-order valence-corrected chi connectivity index (χ2v) is 5.87. The monoisotopic (exact) mass is 237 g/mol. The first-order chi connectivity index (χ1) is 8.24. The van der Waals surface area contributed by atoms with E-state index in [9.17, 15) is 4.79 Å². The first-order valence-electron chi connectivity index (χ1n) is 6.97. The summed E-state index contributed by atoms with van der Waals surface area (Å²) in [6.07, 6.45) is 4.68. The Morgan fingerprint density at radius 2 is 2.06 bits per heavy atom. The topological polar surface area (TPSA) is 35.6 Å². The molecule has 0 aliphatic carbocycles. The summed E-state index contributed by atoms with van der Waals surface area (Å²) in [5.74, 6) is 0.692. The van der Waals surface area contributed by atoms with Crippen molar-refractivity contribution in [2.45, 2.75) is 37.8 Å². The molecule has 3 heterocycles. The number of likely N-dealkylation sites (N-methyl/N-ethyl adjacent to an activating group) is 1. The lowest BCUT2D eigenvalue weighted by Gasteiger charge is -2.27. The minimum absolute atomic E-state index is 0.275. The zero-order valence-corrected chi connectivity index (χ0v) is 10.7. The summed E-state index contributed by atoms with van der Waals surface area (Å²) in [5, 5.41) is 3.56. The van der Waals surface area contributed by atoms with Gasteiger partial charge in [0.1, 0.15) is 0 Å². The van der Waals surface area contributed by atoms with Crippen molar-refractivity contribution in [2.75, 3.05) is 33.2 Å². The van der Waals surface area contributed by atoms with Crippen molar-refractivity contribution in [1.29, 1.82) is 0 Å². The minimum Gasteiger partial charge on any atom is -0.341 e. The van der Waals surface area contributed by atoms with Crippen molar-refractivity contribution in [1.82, 2.24) is 15.1 Å². The highest BCUT2D eigenvalue weighted by Gasteiger charge is 2.44. The summed E-state index contributed by atoms with van der Waals surface area (Å²) in [6.45, 7) is 4.03. The van der Waals surface area contributed by atoms with E-state index in [0.717, 1.165) is 39.0 Å². The predicted octanol–water partition coefficient (Wildman–Crippen LogP) is 0.291. The first-order valence-corrected chi connectivity index (χ1v) is 6.97. The fourth-order valence-electron chi connectivity index (χ4n) is 3.60. The van der Waals surface area contributed by atoms with E-state index in [1.807, 2.05) is 0 Å². The molecule has 0 radical (unpaired) electrons.